The molecule has 0 unspecified atom stereocenters. The summed E-state index contributed by atoms with van der Waals surface area (Å²) in [6.07, 6.45) is 1.51. The Morgan fingerprint density at radius 3 is 2.88 bits per heavy atom. The average molecular weight is 253 g/mol. The third-order valence-electron chi connectivity index (χ3n) is 2.49. The molecule has 0 radical (unpaired) electrons. The molecule has 0 atom stereocenters. The van der Waals surface area contributed by atoms with Crippen LogP contribution in [0.25, 0.3) is 0 Å². The molecule has 0 N–H and O–H groups in total. The Hall–Kier alpha value is -1.68. The molecule has 0 fully saturated rings. The van der Waals surface area contributed by atoms with E-state index in [9.17, 15) is 9.18 Å². The Bertz CT molecular complexity index is 565. The van der Waals surface area contributed by atoms with Crippen LogP contribution in [0.5, 0.6) is 0 Å². The van der Waals surface area contributed by atoms with Crippen LogP contribution in [0, 0.1) is 5.82 Å². The van der Waals surface area contributed by atoms with Crippen molar-refractivity contribution in [3.05, 3.63) is 52.6 Å². The maximum Gasteiger partial charge on any atom is 0.185 e. The van der Waals surface area contributed by atoms with Gasteiger partial charge in [0, 0.05) is 19.7 Å². The van der Waals surface area contributed by atoms with Gasteiger partial charge in [0.05, 0.1) is 5.02 Å². The number of hydrogen-bond donors (Lipinski definition) is 0. The van der Waals surface area contributed by atoms with E-state index in [1.54, 1.807) is 25.2 Å². The number of aryl methyl sites for hydroxylation is 1. The predicted molar refractivity (Wildman–Crippen MR) is 62.7 cm³/mol. The maximum absolute atomic E-state index is 13.6. The van der Waals surface area contributed by atoms with E-state index in [1.807, 2.05) is 0 Å². The molecule has 5 heteroatoms. The van der Waals surface area contributed by atoms with Crippen molar-refractivity contribution >= 4 is 17.4 Å². The Morgan fingerprint density at radius 2 is 2.24 bits per heavy atom. The summed E-state index contributed by atoms with van der Waals surface area (Å²) in [5.74, 6) is -0.726. The summed E-state index contributed by atoms with van der Waals surface area (Å²) in [5.41, 5.74) is 0.744. The second kappa shape index (κ2) is 4.67. The molecule has 1 aromatic heterocycles. The molecule has 1 aromatic carbocycles. The summed E-state index contributed by atoms with van der Waals surface area (Å²) >= 11 is 5.65. The van der Waals surface area contributed by atoms with Crippen LogP contribution in [0.15, 0.2) is 30.5 Å². The highest BCUT2D eigenvalue weighted by atomic mass is 35.5. The SMILES string of the molecule is Cn1nccc1C(=O)Cc1cccc(Cl)c1F. The summed E-state index contributed by atoms with van der Waals surface area (Å²) in [6, 6.07) is 6.23. The number of Topliss-reactive ketones (excluding diaryl/α,β-unsaturated/α-hetero) is 1. The van der Waals surface area contributed by atoms with Crippen molar-refractivity contribution in [2.45, 2.75) is 6.42 Å². The quantitative estimate of drug-likeness (QED) is 0.787. The van der Waals surface area contributed by atoms with Gasteiger partial charge in [0.2, 0.25) is 0 Å². The lowest BCUT2D eigenvalue weighted by Crippen LogP contribution is -2.10. The van der Waals surface area contributed by atoms with Crippen molar-refractivity contribution in [1.29, 1.82) is 0 Å². The minimum atomic E-state index is -0.537. The number of ketones is 1. The van der Waals surface area contributed by atoms with Crippen molar-refractivity contribution in [2.24, 2.45) is 7.05 Å². The van der Waals surface area contributed by atoms with Gasteiger partial charge in [-0.15, -0.1) is 0 Å². The van der Waals surface area contributed by atoms with Gasteiger partial charge in [-0.1, -0.05) is 23.7 Å². The lowest BCUT2D eigenvalue weighted by Gasteiger charge is -2.04. The van der Waals surface area contributed by atoms with Crippen LogP contribution in [0.4, 0.5) is 4.39 Å². The lowest BCUT2D eigenvalue weighted by atomic mass is 10.1. The minimum Gasteiger partial charge on any atom is -0.292 e. The first kappa shape index (κ1) is 11.8. The number of benzene rings is 1. The van der Waals surface area contributed by atoms with Gasteiger partial charge in [-0.25, -0.2) is 4.39 Å². The second-order valence-corrected chi connectivity index (χ2v) is 4.06. The van der Waals surface area contributed by atoms with E-state index in [0.29, 0.717) is 11.3 Å². The van der Waals surface area contributed by atoms with Crippen LogP contribution in [-0.2, 0) is 13.5 Å². The van der Waals surface area contributed by atoms with E-state index in [2.05, 4.69) is 5.10 Å². The zero-order valence-corrected chi connectivity index (χ0v) is 9.91. The molecule has 2 rings (SSSR count). The van der Waals surface area contributed by atoms with Crippen LogP contribution in [0.1, 0.15) is 16.1 Å². The Kier molecular flexibility index (Phi) is 3.24. The van der Waals surface area contributed by atoms with Gasteiger partial charge < -0.3 is 0 Å². The second-order valence-electron chi connectivity index (χ2n) is 3.65. The van der Waals surface area contributed by atoms with E-state index in [0.717, 1.165) is 0 Å². The number of rotatable bonds is 3. The number of aromatic nitrogens is 2. The van der Waals surface area contributed by atoms with E-state index >= 15 is 0 Å². The average Bonchev–Trinajstić information content (AvgIpc) is 2.71. The number of nitrogens with zero attached hydrogens (tertiary/aromatic N) is 2. The van der Waals surface area contributed by atoms with Gasteiger partial charge in [0.15, 0.2) is 5.78 Å². The summed E-state index contributed by atoms with van der Waals surface area (Å²) in [6.45, 7) is 0. The van der Waals surface area contributed by atoms with Crippen molar-refractivity contribution < 1.29 is 9.18 Å². The third kappa shape index (κ3) is 2.36. The first-order chi connectivity index (χ1) is 8.09. The number of hydrogen-bond acceptors (Lipinski definition) is 2. The molecule has 0 spiro atoms. The molecule has 3 nitrogen and oxygen atoms in total. The molecule has 88 valence electrons. The summed E-state index contributed by atoms with van der Waals surface area (Å²) in [4.78, 5) is 11.9. The van der Waals surface area contributed by atoms with Gasteiger partial charge in [-0.2, -0.15) is 5.10 Å². The highest BCUT2D eigenvalue weighted by molar-refractivity contribution is 6.30. The molecule has 0 aliphatic rings. The standard InChI is InChI=1S/C12H10ClFN2O/c1-16-10(5-6-15-16)11(17)7-8-3-2-4-9(13)12(8)14/h2-6H,7H2,1H3. The van der Waals surface area contributed by atoms with Gasteiger partial charge in [0.1, 0.15) is 11.5 Å². The normalized spacial score (nSPS) is 10.5. The lowest BCUT2D eigenvalue weighted by molar-refractivity contribution is 0.0983. The fraction of sp³-hybridized carbons (Fsp3) is 0.167. The zero-order chi connectivity index (χ0) is 12.4. The monoisotopic (exact) mass is 252 g/mol. The molecular formula is C12H10ClFN2O. The molecule has 0 amide bonds. The van der Waals surface area contributed by atoms with Gasteiger partial charge >= 0.3 is 0 Å². The van der Waals surface area contributed by atoms with Crippen molar-refractivity contribution in [3.63, 3.8) is 0 Å². The smallest absolute Gasteiger partial charge is 0.185 e. The molecule has 2 aromatic rings. The number of halogens is 2. The Balaban J connectivity index is 2.25. The predicted octanol–water partition coefficient (Wildman–Crippen LogP) is 2.64. The van der Waals surface area contributed by atoms with E-state index in [1.165, 1.54) is 16.9 Å². The van der Waals surface area contributed by atoms with Crippen LogP contribution in [0.3, 0.4) is 0 Å². The highest BCUT2D eigenvalue weighted by Gasteiger charge is 2.14. The summed E-state index contributed by atoms with van der Waals surface area (Å²) in [5, 5.41) is 3.92. The first-order valence-electron chi connectivity index (χ1n) is 5.03. The van der Waals surface area contributed by atoms with Crippen molar-refractivity contribution in [3.8, 4) is 0 Å². The molecule has 17 heavy (non-hydrogen) atoms. The molecule has 1 heterocycles. The zero-order valence-electron chi connectivity index (χ0n) is 9.15. The number of carbonyl (C=O) groups is 1. The van der Waals surface area contributed by atoms with Gasteiger partial charge in [-0.3, -0.25) is 9.48 Å². The molecule has 0 aliphatic carbocycles. The minimum absolute atomic E-state index is 0.0219. The van der Waals surface area contributed by atoms with E-state index in [4.69, 9.17) is 11.6 Å². The third-order valence-corrected chi connectivity index (χ3v) is 2.78. The fourth-order valence-electron chi connectivity index (χ4n) is 1.60. The Labute approximate surface area is 103 Å². The fourth-order valence-corrected chi connectivity index (χ4v) is 1.79. The maximum atomic E-state index is 13.6. The number of carbonyl (C=O) groups excluding carboxylic acids is 1. The first-order valence-corrected chi connectivity index (χ1v) is 5.41. The highest BCUT2D eigenvalue weighted by Crippen LogP contribution is 2.19. The van der Waals surface area contributed by atoms with E-state index in [-0.39, 0.29) is 17.2 Å². The molecule has 0 bridgehead atoms. The van der Waals surface area contributed by atoms with Crippen molar-refractivity contribution in [2.75, 3.05) is 0 Å². The van der Waals surface area contributed by atoms with Gasteiger partial charge in [0.25, 0.3) is 0 Å². The van der Waals surface area contributed by atoms with Crippen LogP contribution in [-0.4, -0.2) is 15.6 Å². The topological polar surface area (TPSA) is 34.9 Å². The van der Waals surface area contributed by atoms with Crippen molar-refractivity contribution in [1.82, 2.24) is 9.78 Å². The largest absolute Gasteiger partial charge is 0.292 e. The molecule has 0 saturated carbocycles. The van der Waals surface area contributed by atoms with Crippen LogP contribution < -0.4 is 0 Å². The van der Waals surface area contributed by atoms with Crippen LogP contribution >= 0.6 is 11.6 Å². The summed E-state index contributed by atoms with van der Waals surface area (Å²) < 4.78 is 15.1. The summed E-state index contributed by atoms with van der Waals surface area (Å²) in [7, 11) is 1.67. The van der Waals surface area contributed by atoms with Crippen LogP contribution in [0.2, 0.25) is 5.02 Å². The Morgan fingerprint density at radius 1 is 1.47 bits per heavy atom. The van der Waals surface area contributed by atoms with Gasteiger partial charge in [-0.05, 0) is 17.7 Å². The van der Waals surface area contributed by atoms with E-state index < -0.39 is 5.82 Å². The molecule has 0 saturated heterocycles. The molecule has 0 aliphatic heterocycles. The molecular weight excluding hydrogens is 243 g/mol.